The van der Waals surface area contributed by atoms with Gasteiger partial charge in [-0.25, -0.2) is 0 Å². The first-order valence-electron chi connectivity index (χ1n) is 8.99. The van der Waals surface area contributed by atoms with Crippen molar-refractivity contribution >= 4 is 5.96 Å². The van der Waals surface area contributed by atoms with E-state index in [0.29, 0.717) is 5.92 Å². The smallest absolute Gasteiger partial charge is 0.191 e. The zero-order valence-corrected chi connectivity index (χ0v) is 14.8. The molecule has 1 saturated heterocycles. The molecule has 132 valence electrons. The topological polar surface area (TPSA) is 45.7 Å². The molecule has 1 fully saturated rings. The fourth-order valence-electron chi connectivity index (χ4n) is 3.20. The van der Waals surface area contributed by atoms with Crippen molar-refractivity contribution in [1.82, 2.24) is 10.6 Å². The number of aliphatic imine (C=N–C) groups is 1. The summed E-state index contributed by atoms with van der Waals surface area (Å²) in [6, 6.07) is 21.2. The van der Waals surface area contributed by atoms with Crippen LogP contribution < -0.4 is 10.6 Å². The van der Waals surface area contributed by atoms with Gasteiger partial charge < -0.3 is 15.4 Å². The van der Waals surface area contributed by atoms with Crippen LogP contribution in [0.5, 0.6) is 0 Å². The molecule has 4 heteroatoms. The van der Waals surface area contributed by atoms with Gasteiger partial charge in [-0.05, 0) is 17.5 Å². The molecule has 1 aliphatic heterocycles. The third-order valence-electron chi connectivity index (χ3n) is 4.68. The van der Waals surface area contributed by atoms with Crippen molar-refractivity contribution in [3.8, 4) is 0 Å². The fraction of sp³-hybridized carbons (Fsp3) is 0.381. The molecule has 1 atom stereocenters. The summed E-state index contributed by atoms with van der Waals surface area (Å²) in [6.07, 6.45) is 1.13. The zero-order valence-electron chi connectivity index (χ0n) is 14.8. The van der Waals surface area contributed by atoms with Crippen LogP contribution in [0, 0.1) is 5.92 Å². The van der Waals surface area contributed by atoms with E-state index in [4.69, 9.17) is 4.74 Å². The van der Waals surface area contributed by atoms with Gasteiger partial charge in [0.1, 0.15) is 0 Å². The average Bonchev–Trinajstić information content (AvgIpc) is 3.20. The van der Waals surface area contributed by atoms with E-state index in [-0.39, 0.29) is 5.92 Å². The van der Waals surface area contributed by atoms with E-state index in [9.17, 15) is 0 Å². The van der Waals surface area contributed by atoms with Gasteiger partial charge >= 0.3 is 0 Å². The Balaban J connectivity index is 1.63. The molecular weight excluding hydrogens is 310 g/mol. The van der Waals surface area contributed by atoms with Crippen molar-refractivity contribution in [1.29, 1.82) is 0 Å². The minimum atomic E-state index is 0.288. The summed E-state index contributed by atoms with van der Waals surface area (Å²) >= 11 is 0. The molecule has 0 amide bonds. The summed E-state index contributed by atoms with van der Waals surface area (Å²) in [5.41, 5.74) is 2.61. The number of guanidine groups is 1. The predicted octanol–water partition coefficient (Wildman–Crippen LogP) is 3.02. The molecule has 0 aliphatic carbocycles. The van der Waals surface area contributed by atoms with Crippen LogP contribution in [0.15, 0.2) is 65.7 Å². The lowest BCUT2D eigenvalue weighted by Crippen LogP contribution is -2.41. The minimum absolute atomic E-state index is 0.288. The first-order chi connectivity index (χ1) is 12.4. The average molecular weight is 337 g/mol. The standard InChI is InChI=1S/C21H27N3O/c1-22-21(23-14-17-12-13-25-16-17)24-15-20(18-8-4-2-5-9-18)19-10-6-3-7-11-19/h2-11,17,20H,12-16H2,1H3,(H2,22,23,24). The Kier molecular flexibility index (Phi) is 6.46. The second kappa shape index (κ2) is 9.23. The first kappa shape index (κ1) is 17.5. The lowest BCUT2D eigenvalue weighted by molar-refractivity contribution is 0.186. The van der Waals surface area contributed by atoms with Crippen LogP contribution in [0.3, 0.4) is 0 Å². The Labute approximate surface area is 150 Å². The molecule has 0 bridgehead atoms. The molecule has 25 heavy (non-hydrogen) atoms. The Morgan fingerprint density at radius 1 is 1.04 bits per heavy atom. The molecule has 2 aromatic rings. The molecule has 4 nitrogen and oxygen atoms in total. The summed E-state index contributed by atoms with van der Waals surface area (Å²) < 4.78 is 5.44. The van der Waals surface area contributed by atoms with Crippen molar-refractivity contribution in [3.63, 3.8) is 0 Å². The summed E-state index contributed by atoms with van der Waals surface area (Å²) in [5.74, 6) is 1.72. The maximum absolute atomic E-state index is 5.44. The molecule has 0 radical (unpaired) electrons. The van der Waals surface area contributed by atoms with Gasteiger partial charge in [-0.2, -0.15) is 0 Å². The number of hydrogen-bond donors (Lipinski definition) is 2. The number of ether oxygens (including phenoxy) is 1. The highest BCUT2D eigenvalue weighted by Gasteiger charge is 2.17. The molecule has 3 rings (SSSR count). The van der Waals surface area contributed by atoms with Gasteiger partial charge in [0, 0.05) is 38.6 Å². The van der Waals surface area contributed by atoms with Gasteiger partial charge in [-0.3, -0.25) is 4.99 Å². The van der Waals surface area contributed by atoms with E-state index >= 15 is 0 Å². The number of hydrogen-bond acceptors (Lipinski definition) is 2. The van der Waals surface area contributed by atoms with Crippen molar-refractivity contribution in [2.45, 2.75) is 12.3 Å². The second-order valence-electron chi connectivity index (χ2n) is 6.44. The van der Waals surface area contributed by atoms with Crippen molar-refractivity contribution in [2.75, 3.05) is 33.4 Å². The predicted molar refractivity (Wildman–Crippen MR) is 103 cm³/mol. The van der Waals surface area contributed by atoms with Crippen molar-refractivity contribution in [3.05, 3.63) is 71.8 Å². The highest BCUT2D eigenvalue weighted by Crippen LogP contribution is 2.23. The normalized spacial score (nSPS) is 17.7. The number of rotatable bonds is 6. The van der Waals surface area contributed by atoms with Gasteiger partial charge in [-0.15, -0.1) is 0 Å². The molecular formula is C21H27N3O. The largest absolute Gasteiger partial charge is 0.381 e. The summed E-state index contributed by atoms with van der Waals surface area (Å²) in [4.78, 5) is 4.36. The van der Waals surface area contributed by atoms with Crippen LogP contribution in [-0.4, -0.2) is 39.3 Å². The van der Waals surface area contributed by atoms with Gasteiger partial charge in [-0.1, -0.05) is 60.7 Å². The van der Waals surface area contributed by atoms with E-state index in [2.05, 4.69) is 76.3 Å². The molecule has 1 aliphatic rings. The Hall–Kier alpha value is -2.33. The van der Waals surface area contributed by atoms with Crippen LogP contribution in [0.4, 0.5) is 0 Å². The van der Waals surface area contributed by atoms with Crippen LogP contribution in [-0.2, 0) is 4.74 Å². The summed E-state index contributed by atoms with van der Waals surface area (Å²) in [5, 5.41) is 6.92. The van der Waals surface area contributed by atoms with Gasteiger partial charge in [0.15, 0.2) is 5.96 Å². The summed E-state index contributed by atoms with van der Waals surface area (Å²) in [7, 11) is 1.82. The third-order valence-corrected chi connectivity index (χ3v) is 4.68. The van der Waals surface area contributed by atoms with E-state index < -0.39 is 0 Å². The summed E-state index contributed by atoms with van der Waals surface area (Å²) in [6.45, 7) is 3.43. The highest BCUT2D eigenvalue weighted by atomic mass is 16.5. The molecule has 0 aromatic heterocycles. The van der Waals surface area contributed by atoms with Crippen molar-refractivity contribution in [2.24, 2.45) is 10.9 Å². The molecule has 2 aromatic carbocycles. The zero-order chi connectivity index (χ0) is 17.3. The monoisotopic (exact) mass is 337 g/mol. The Morgan fingerprint density at radius 3 is 2.20 bits per heavy atom. The third kappa shape index (κ3) is 5.07. The van der Waals surface area contributed by atoms with Gasteiger partial charge in [0.2, 0.25) is 0 Å². The lowest BCUT2D eigenvalue weighted by Gasteiger charge is -2.21. The van der Waals surface area contributed by atoms with Crippen molar-refractivity contribution < 1.29 is 4.74 Å². The first-order valence-corrected chi connectivity index (χ1v) is 8.99. The maximum atomic E-state index is 5.44. The van der Waals surface area contributed by atoms with Crippen LogP contribution in [0.2, 0.25) is 0 Å². The van der Waals surface area contributed by atoms with E-state index in [1.807, 2.05) is 7.05 Å². The van der Waals surface area contributed by atoms with Crippen LogP contribution in [0.1, 0.15) is 23.5 Å². The Morgan fingerprint density at radius 2 is 1.68 bits per heavy atom. The molecule has 2 N–H and O–H groups in total. The number of nitrogens with zero attached hydrogens (tertiary/aromatic N) is 1. The molecule has 0 saturated carbocycles. The van der Waals surface area contributed by atoms with Crippen LogP contribution >= 0.6 is 0 Å². The van der Waals surface area contributed by atoms with Gasteiger partial charge in [0.25, 0.3) is 0 Å². The van der Waals surface area contributed by atoms with E-state index in [1.165, 1.54) is 11.1 Å². The van der Waals surface area contributed by atoms with E-state index in [0.717, 1.165) is 38.7 Å². The second-order valence-corrected chi connectivity index (χ2v) is 6.44. The number of benzene rings is 2. The number of nitrogens with one attached hydrogen (secondary N) is 2. The van der Waals surface area contributed by atoms with Gasteiger partial charge in [0.05, 0.1) is 6.61 Å². The molecule has 1 heterocycles. The SMILES string of the molecule is CN=C(NCC1CCOC1)NCC(c1ccccc1)c1ccccc1. The fourth-order valence-corrected chi connectivity index (χ4v) is 3.20. The quantitative estimate of drug-likeness (QED) is 0.629. The maximum Gasteiger partial charge on any atom is 0.191 e. The molecule has 1 unspecified atom stereocenters. The minimum Gasteiger partial charge on any atom is -0.381 e. The lowest BCUT2D eigenvalue weighted by atomic mass is 9.91. The molecule has 0 spiro atoms. The van der Waals surface area contributed by atoms with E-state index in [1.54, 1.807) is 0 Å². The Bertz CT molecular complexity index is 612. The van der Waals surface area contributed by atoms with Crippen LogP contribution in [0.25, 0.3) is 0 Å². The highest BCUT2D eigenvalue weighted by molar-refractivity contribution is 5.79.